The highest BCUT2D eigenvalue weighted by atomic mass is 16.5. The zero-order chi connectivity index (χ0) is 15.5. The third-order valence-electron chi connectivity index (χ3n) is 3.51. The Kier molecular flexibility index (Phi) is 3.74. The Hall–Kier alpha value is -2.89. The summed E-state index contributed by atoms with van der Waals surface area (Å²) in [4.78, 5) is 11.0. The van der Waals surface area contributed by atoms with Crippen LogP contribution in [0, 0.1) is 0 Å². The van der Waals surface area contributed by atoms with Crippen LogP contribution in [0.3, 0.4) is 0 Å². The first-order valence-corrected chi connectivity index (χ1v) is 6.87. The smallest absolute Gasteiger partial charge is 0.335 e. The van der Waals surface area contributed by atoms with E-state index in [9.17, 15) is 4.79 Å². The SMILES string of the molecule is COc1cccc(CCn2nnc3cc(C(=O)O)ccc32)c1. The normalized spacial score (nSPS) is 10.8. The lowest BCUT2D eigenvalue weighted by Crippen LogP contribution is -2.03. The Morgan fingerprint density at radius 1 is 1.27 bits per heavy atom. The van der Waals surface area contributed by atoms with Crippen LogP contribution in [0.5, 0.6) is 5.75 Å². The van der Waals surface area contributed by atoms with Crippen molar-refractivity contribution in [2.45, 2.75) is 13.0 Å². The molecule has 0 aliphatic heterocycles. The largest absolute Gasteiger partial charge is 0.497 e. The fraction of sp³-hybridized carbons (Fsp3) is 0.188. The van der Waals surface area contributed by atoms with Crippen LogP contribution < -0.4 is 4.74 Å². The van der Waals surface area contributed by atoms with Crippen LogP contribution in [-0.2, 0) is 13.0 Å². The van der Waals surface area contributed by atoms with Gasteiger partial charge in [0.15, 0.2) is 0 Å². The van der Waals surface area contributed by atoms with Crippen LogP contribution in [0.1, 0.15) is 15.9 Å². The molecule has 1 heterocycles. The van der Waals surface area contributed by atoms with Gasteiger partial charge in [0.25, 0.3) is 0 Å². The molecule has 0 spiro atoms. The minimum atomic E-state index is -0.965. The lowest BCUT2D eigenvalue weighted by Gasteiger charge is -2.05. The maximum Gasteiger partial charge on any atom is 0.335 e. The predicted molar refractivity (Wildman–Crippen MR) is 81.2 cm³/mol. The van der Waals surface area contributed by atoms with Crippen molar-refractivity contribution in [2.24, 2.45) is 0 Å². The Labute approximate surface area is 126 Å². The second kappa shape index (κ2) is 5.85. The molecule has 0 fully saturated rings. The molecule has 0 unspecified atom stereocenters. The molecule has 0 radical (unpaired) electrons. The minimum absolute atomic E-state index is 0.215. The van der Waals surface area contributed by atoms with Gasteiger partial charge in [-0.3, -0.25) is 0 Å². The third kappa shape index (κ3) is 2.76. The lowest BCUT2D eigenvalue weighted by atomic mass is 10.1. The van der Waals surface area contributed by atoms with Crippen molar-refractivity contribution in [2.75, 3.05) is 7.11 Å². The number of carbonyl (C=O) groups is 1. The minimum Gasteiger partial charge on any atom is -0.497 e. The van der Waals surface area contributed by atoms with Gasteiger partial charge in [-0.05, 0) is 42.3 Å². The number of ether oxygens (including phenoxy) is 1. The third-order valence-corrected chi connectivity index (χ3v) is 3.51. The number of hydrogen-bond donors (Lipinski definition) is 1. The second-order valence-corrected chi connectivity index (χ2v) is 4.92. The van der Waals surface area contributed by atoms with E-state index in [2.05, 4.69) is 10.3 Å². The van der Waals surface area contributed by atoms with Crippen LogP contribution >= 0.6 is 0 Å². The van der Waals surface area contributed by atoms with E-state index in [0.29, 0.717) is 12.1 Å². The highest BCUT2D eigenvalue weighted by Gasteiger charge is 2.09. The van der Waals surface area contributed by atoms with E-state index in [0.717, 1.165) is 23.3 Å². The molecule has 0 amide bonds. The van der Waals surface area contributed by atoms with E-state index in [4.69, 9.17) is 9.84 Å². The molecule has 0 aliphatic rings. The number of hydrogen-bond acceptors (Lipinski definition) is 4. The molecule has 0 aliphatic carbocycles. The topological polar surface area (TPSA) is 77.2 Å². The number of carboxylic acid groups (broad SMARTS) is 1. The Bertz CT molecular complexity index is 826. The van der Waals surface area contributed by atoms with Gasteiger partial charge >= 0.3 is 5.97 Å². The first-order valence-electron chi connectivity index (χ1n) is 6.87. The van der Waals surface area contributed by atoms with Crippen molar-refractivity contribution in [3.05, 3.63) is 53.6 Å². The summed E-state index contributed by atoms with van der Waals surface area (Å²) in [6.07, 6.45) is 0.788. The van der Waals surface area contributed by atoms with Gasteiger partial charge in [0.1, 0.15) is 11.3 Å². The molecule has 6 heteroatoms. The fourth-order valence-electron chi connectivity index (χ4n) is 2.33. The van der Waals surface area contributed by atoms with E-state index < -0.39 is 5.97 Å². The first-order chi connectivity index (χ1) is 10.7. The summed E-state index contributed by atoms with van der Waals surface area (Å²) < 4.78 is 6.99. The van der Waals surface area contributed by atoms with Gasteiger partial charge < -0.3 is 9.84 Å². The number of carboxylic acids is 1. The number of nitrogens with zero attached hydrogens (tertiary/aromatic N) is 3. The van der Waals surface area contributed by atoms with Crippen molar-refractivity contribution >= 4 is 17.0 Å². The molecule has 2 aromatic carbocycles. The number of benzene rings is 2. The molecule has 0 atom stereocenters. The van der Waals surface area contributed by atoms with E-state index in [1.54, 1.807) is 23.9 Å². The fourth-order valence-corrected chi connectivity index (χ4v) is 2.33. The Balaban J connectivity index is 1.80. The van der Waals surface area contributed by atoms with Crippen LogP contribution in [0.4, 0.5) is 0 Å². The molecule has 0 saturated carbocycles. The van der Waals surface area contributed by atoms with E-state index in [1.165, 1.54) is 6.07 Å². The molecule has 22 heavy (non-hydrogen) atoms. The highest BCUT2D eigenvalue weighted by Crippen LogP contribution is 2.16. The molecular formula is C16H15N3O3. The molecule has 1 N–H and O–H groups in total. The van der Waals surface area contributed by atoms with Crippen molar-refractivity contribution in [3.8, 4) is 5.75 Å². The summed E-state index contributed by atoms with van der Waals surface area (Å²) in [6, 6.07) is 12.7. The van der Waals surface area contributed by atoms with Crippen LogP contribution in [0.15, 0.2) is 42.5 Å². The van der Waals surface area contributed by atoms with Crippen molar-refractivity contribution < 1.29 is 14.6 Å². The second-order valence-electron chi connectivity index (χ2n) is 4.92. The van der Waals surface area contributed by atoms with Crippen LogP contribution in [0.2, 0.25) is 0 Å². The number of aromatic carboxylic acids is 1. The summed E-state index contributed by atoms with van der Waals surface area (Å²) in [7, 11) is 1.64. The number of rotatable bonds is 5. The van der Waals surface area contributed by atoms with Crippen molar-refractivity contribution in [3.63, 3.8) is 0 Å². The van der Waals surface area contributed by atoms with Crippen molar-refractivity contribution in [1.82, 2.24) is 15.0 Å². The van der Waals surface area contributed by atoms with Gasteiger partial charge in [0, 0.05) is 6.54 Å². The molecule has 0 bridgehead atoms. The summed E-state index contributed by atoms with van der Waals surface area (Å²) in [5.74, 6) is -0.139. The number of fused-ring (bicyclic) bond motifs is 1. The zero-order valence-corrected chi connectivity index (χ0v) is 12.1. The molecule has 6 nitrogen and oxygen atoms in total. The molecular weight excluding hydrogens is 282 g/mol. The van der Waals surface area contributed by atoms with Gasteiger partial charge in [-0.1, -0.05) is 17.3 Å². The van der Waals surface area contributed by atoms with Gasteiger partial charge in [-0.25, -0.2) is 9.48 Å². The Morgan fingerprint density at radius 3 is 2.91 bits per heavy atom. The van der Waals surface area contributed by atoms with Gasteiger partial charge in [-0.2, -0.15) is 0 Å². The average Bonchev–Trinajstić information content (AvgIpc) is 2.95. The number of aromatic nitrogens is 3. The van der Waals surface area contributed by atoms with E-state index >= 15 is 0 Å². The van der Waals surface area contributed by atoms with Crippen molar-refractivity contribution in [1.29, 1.82) is 0 Å². The highest BCUT2D eigenvalue weighted by molar-refractivity contribution is 5.92. The van der Waals surface area contributed by atoms with Gasteiger partial charge in [0.2, 0.25) is 0 Å². The maximum atomic E-state index is 11.0. The standard InChI is InChI=1S/C16H15N3O3/c1-22-13-4-2-3-11(9-13)7-8-19-15-6-5-12(16(20)21)10-14(15)17-18-19/h2-6,9-10H,7-8H2,1H3,(H,20,21). The molecule has 3 rings (SSSR count). The maximum absolute atomic E-state index is 11.0. The molecule has 112 valence electrons. The number of aryl methyl sites for hydroxylation is 2. The monoisotopic (exact) mass is 297 g/mol. The Morgan fingerprint density at radius 2 is 2.14 bits per heavy atom. The van der Waals surface area contributed by atoms with Crippen LogP contribution in [-0.4, -0.2) is 33.2 Å². The zero-order valence-electron chi connectivity index (χ0n) is 12.1. The predicted octanol–water partition coefficient (Wildman–Crippen LogP) is 2.38. The van der Waals surface area contributed by atoms with E-state index in [1.807, 2.05) is 24.3 Å². The lowest BCUT2D eigenvalue weighted by molar-refractivity contribution is 0.0697. The van der Waals surface area contributed by atoms with Crippen LogP contribution in [0.25, 0.3) is 11.0 Å². The summed E-state index contributed by atoms with van der Waals surface area (Å²) in [6.45, 7) is 0.663. The molecule has 3 aromatic rings. The molecule has 0 saturated heterocycles. The summed E-state index contributed by atoms with van der Waals surface area (Å²) in [5.41, 5.74) is 2.77. The van der Waals surface area contributed by atoms with Gasteiger partial charge in [-0.15, -0.1) is 5.10 Å². The van der Waals surface area contributed by atoms with E-state index in [-0.39, 0.29) is 5.56 Å². The average molecular weight is 297 g/mol. The quantitative estimate of drug-likeness (QED) is 0.782. The first kappa shape index (κ1) is 14.1. The summed E-state index contributed by atoms with van der Waals surface area (Å²) >= 11 is 0. The van der Waals surface area contributed by atoms with Gasteiger partial charge in [0.05, 0.1) is 18.2 Å². The molecule has 1 aromatic heterocycles. The number of methoxy groups -OCH3 is 1. The summed E-state index contributed by atoms with van der Waals surface area (Å²) in [5, 5.41) is 17.1.